The van der Waals surface area contributed by atoms with Crippen LogP contribution >= 0.6 is 15.9 Å². The molecule has 1 aliphatic heterocycles. The van der Waals surface area contributed by atoms with E-state index in [1.165, 1.54) is 6.07 Å². The monoisotopic (exact) mass is 333 g/mol. The van der Waals surface area contributed by atoms with E-state index < -0.39 is 16.5 Å². The third-order valence-corrected chi connectivity index (χ3v) is 3.49. The van der Waals surface area contributed by atoms with Gasteiger partial charge in [-0.15, -0.1) is 0 Å². The Kier molecular flexibility index (Phi) is 4.17. The fourth-order valence-corrected chi connectivity index (χ4v) is 2.36. The van der Waals surface area contributed by atoms with E-state index >= 15 is 0 Å². The molecule has 104 valence electrons. The first-order valence-corrected chi connectivity index (χ1v) is 6.94. The van der Waals surface area contributed by atoms with E-state index in [0.29, 0.717) is 6.42 Å². The SMILES string of the molecule is CC1(c2ccc(F)cc2[N+](=O)[O-])OC(CCCBr)O1. The van der Waals surface area contributed by atoms with Crippen molar-refractivity contribution < 1.29 is 18.8 Å². The Bertz CT molecular complexity index is 491. The molecule has 0 aromatic heterocycles. The molecular formula is C12H13BrFNO4. The van der Waals surface area contributed by atoms with Gasteiger partial charge in [-0.05, 0) is 31.9 Å². The lowest BCUT2D eigenvalue weighted by molar-refractivity contribution is -0.461. The lowest BCUT2D eigenvalue weighted by Gasteiger charge is -2.45. The van der Waals surface area contributed by atoms with Gasteiger partial charge in [-0.2, -0.15) is 0 Å². The Morgan fingerprint density at radius 3 is 2.79 bits per heavy atom. The van der Waals surface area contributed by atoms with Crippen LogP contribution in [0.25, 0.3) is 0 Å². The zero-order valence-corrected chi connectivity index (χ0v) is 11.9. The Morgan fingerprint density at radius 2 is 2.21 bits per heavy atom. The molecule has 1 aliphatic rings. The van der Waals surface area contributed by atoms with Crippen molar-refractivity contribution in [3.63, 3.8) is 0 Å². The maximum atomic E-state index is 13.1. The van der Waals surface area contributed by atoms with Gasteiger partial charge >= 0.3 is 0 Å². The van der Waals surface area contributed by atoms with Crippen molar-refractivity contribution in [3.8, 4) is 0 Å². The molecule has 1 aromatic carbocycles. The minimum atomic E-state index is -1.17. The zero-order chi connectivity index (χ0) is 14.0. The molecule has 0 atom stereocenters. The van der Waals surface area contributed by atoms with Crippen LogP contribution in [0.15, 0.2) is 18.2 Å². The quantitative estimate of drug-likeness (QED) is 0.470. The van der Waals surface area contributed by atoms with Crippen LogP contribution < -0.4 is 0 Å². The molecule has 1 saturated heterocycles. The second-order valence-electron chi connectivity index (χ2n) is 4.36. The fourth-order valence-electron chi connectivity index (χ4n) is 2.04. The first kappa shape index (κ1) is 14.4. The Hall–Kier alpha value is -1.05. The Balaban J connectivity index is 2.17. The van der Waals surface area contributed by atoms with Gasteiger partial charge in [0.15, 0.2) is 6.29 Å². The summed E-state index contributed by atoms with van der Waals surface area (Å²) in [6, 6.07) is 3.36. The van der Waals surface area contributed by atoms with Gasteiger partial charge in [0.1, 0.15) is 5.82 Å². The highest BCUT2D eigenvalue weighted by atomic mass is 79.9. The number of benzene rings is 1. The number of halogens is 2. The molecule has 0 N–H and O–H groups in total. The minimum Gasteiger partial charge on any atom is -0.316 e. The zero-order valence-electron chi connectivity index (χ0n) is 10.3. The molecule has 0 saturated carbocycles. The van der Waals surface area contributed by atoms with Gasteiger partial charge in [0, 0.05) is 5.33 Å². The van der Waals surface area contributed by atoms with Crippen molar-refractivity contribution in [1.29, 1.82) is 0 Å². The van der Waals surface area contributed by atoms with Gasteiger partial charge in [0.2, 0.25) is 5.79 Å². The summed E-state index contributed by atoms with van der Waals surface area (Å²) in [4.78, 5) is 10.3. The first-order chi connectivity index (χ1) is 8.96. The summed E-state index contributed by atoms with van der Waals surface area (Å²) in [5, 5.41) is 11.8. The average Bonchev–Trinajstić information content (AvgIpc) is 2.33. The molecule has 0 aliphatic carbocycles. The maximum absolute atomic E-state index is 13.1. The molecule has 1 aromatic rings. The third-order valence-electron chi connectivity index (χ3n) is 2.93. The molecule has 5 nitrogen and oxygen atoms in total. The van der Waals surface area contributed by atoms with Crippen molar-refractivity contribution in [3.05, 3.63) is 39.7 Å². The number of hydrogen-bond donors (Lipinski definition) is 0. The number of nitrogens with zero attached hydrogens (tertiary/aromatic N) is 1. The number of alkyl halides is 1. The van der Waals surface area contributed by atoms with Crippen molar-refractivity contribution in [2.24, 2.45) is 0 Å². The predicted molar refractivity (Wildman–Crippen MR) is 69.4 cm³/mol. The summed E-state index contributed by atoms with van der Waals surface area (Å²) < 4.78 is 24.2. The lowest BCUT2D eigenvalue weighted by Crippen LogP contribution is -2.49. The van der Waals surface area contributed by atoms with Crippen molar-refractivity contribution in [2.75, 3.05) is 5.33 Å². The first-order valence-electron chi connectivity index (χ1n) is 5.82. The summed E-state index contributed by atoms with van der Waals surface area (Å²) in [5.41, 5.74) is -0.101. The van der Waals surface area contributed by atoms with Gasteiger partial charge in [0.25, 0.3) is 5.69 Å². The molecule has 0 spiro atoms. The summed E-state index contributed by atoms with van der Waals surface area (Å²) in [5.74, 6) is -1.83. The van der Waals surface area contributed by atoms with Crippen LogP contribution in [0.5, 0.6) is 0 Å². The van der Waals surface area contributed by atoms with Gasteiger partial charge in [-0.25, -0.2) is 4.39 Å². The molecule has 0 radical (unpaired) electrons. The smallest absolute Gasteiger partial charge is 0.280 e. The van der Waals surface area contributed by atoms with Crippen molar-refractivity contribution in [1.82, 2.24) is 0 Å². The fraction of sp³-hybridized carbons (Fsp3) is 0.500. The summed E-state index contributed by atoms with van der Waals surface area (Å²) >= 11 is 3.30. The largest absolute Gasteiger partial charge is 0.316 e. The van der Waals surface area contributed by atoms with Crippen LogP contribution in [0.1, 0.15) is 25.3 Å². The minimum absolute atomic E-state index is 0.231. The number of nitro benzene ring substituents is 1. The predicted octanol–water partition coefficient (Wildman–Crippen LogP) is 3.45. The van der Waals surface area contributed by atoms with Crippen LogP contribution in [0.2, 0.25) is 0 Å². The number of ether oxygens (including phenoxy) is 2. The standard InChI is InChI=1S/C12H13BrFNO4/c1-12(18-11(19-12)3-2-6-13)9-5-4-8(14)7-10(9)15(16)17/h4-5,7,11H,2-3,6H2,1H3. The van der Waals surface area contributed by atoms with Crippen LogP contribution in [0.3, 0.4) is 0 Å². The molecule has 0 amide bonds. The average molecular weight is 334 g/mol. The molecule has 7 heteroatoms. The van der Waals surface area contributed by atoms with Gasteiger partial charge in [0.05, 0.1) is 16.6 Å². The summed E-state index contributed by atoms with van der Waals surface area (Å²) in [6.07, 6.45) is 1.22. The highest BCUT2D eigenvalue weighted by Gasteiger charge is 2.47. The Morgan fingerprint density at radius 1 is 1.53 bits per heavy atom. The van der Waals surface area contributed by atoms with E-state index in [-0.39, 0.29) is 17.5 Å². The summed E-state index contributed by atoms with van der Waals surface area (Å²) in [7, 11) is 0. The van der Waals surface area contributed by atoms with Gasteiger partial charge in [-0.1, -0.05) is 15.9 Å². The summed E-state index contributed by atoms with van der Waals surface area (Å²) in [6.45, 7) is 1.60. The number of nitro groups is 1. The van der Waals surface area contributed by atoms with Crippen molar-refractivity contribution in [2.45, 2.75) is 31.8 Å². The highest BCUT2D eigenvalue weighted by molar-refractivity contribution is 9.09. The van der Waals surface area contributed by atoms with E-state index in [1.807, 2.05) is 0 Å². The topological polar surface area (TPSA) is 61.6 Å². The third kappa shape index (κ3) is 2.93. The molecule has 19 heavy (non-hydrogen) atoms. The number of hydrogen-bond acceptors (Lipinski definition) is 4. The van der Waals surface area contributed by atoms with Crippen LogP contribution in [0, 0.1) is 15.9 Å². The van der Waals surface area contributed by atoms with Gasteiger partial charge in [-0.3, -0.25) is 10.1 Å². The van der Waals surface area contributed by atoms with Crippen LogP contribution in [-0.4, -0.2) is 16.5 Å². The van der Waals surface area contributed by atoms with Crippen LogP contribution in [-0.2, 0) is 15.3 Å². The lowest BCUT2D eigenvalue weighted by atomic mass is 10.0. The number of rotatable bonds is 5. The molecule has 1 fully saturated rings. The Labute approximate surface area is 118 Å². The molecular weight excluding hydrogens is 321 g/mol. The normalized spacial score (nSPS) is 25.9. The van der Waals surface area contributed by atoms with Crippen LogP contribution in [0.4, 0.5) is 10.1 Å². The molecule has 1 heterocycles. The molecule has 2 rings (SSSR count). The second kappa shape index (κ2) is 5.52. The molecule has 0 bridgehead atoms. The van der Waals surface area contributed by atoms with E-state index in [4.69, 9.17) is 9.47 Å². The maximum Gasteiger partial charge on any atom is 0.280 e. The van der Waals surface area contributed by atoms with Crippen molar-refractivity contribution >= 4 is 21.6 Å². The second-order valence-corrected chi connectivity index (χ2v) is 5.15. The van der Waals surface area contributed by atoms with E-state index in [0.717, 1.165) is 23.9 Å². The van der Waals surface area contributed by atoms with E-state index in [2.05, 4.69) is 15.9 Å². The molecule has 0 unspecified atom stereocenters. The highest BCUT2D eigenvalue weighted by Crippen LogP contribution is 2.43. The van der Waals surface area contributed by atoms with E-state index in [9.17, 15) is 14.5 Å². The van der Waals surface area contributed by atoms with Gasteiger partial charge < -0.3 is 9.47 Å². The van der Waals surface area contributed by atoms with E-state index in [1.54, 1.807) is 6.92 Å².